The average molecular weight is 177 g/mol. The lowest BCUT2D eigenvalue weighted by Crippen LogP contribution is -2.22. The molecule has 0 bridgehead atoms. The number of carboxylic acids is 1. The van der Waals surface area contributed by atoms with E-state index in [2.05, 4.69) is 4.98 Å². The van der Waals surface area contributed by atoms with Crippen LogP contribution >= 0.6 is 0 Å². The van der Waals surface area contributed by atoms with Crippen molar-refractivity contribution in [2.45, 2.75) is 19.3 Å². The Morgan fingerprint density at radius 3 is 3.23 bits per heavy atom. The molecule has 1 aromatic heterocycles. The highest BCUT2D eigenvalue weighted by molar-refractivity contribution is 5.70. The first-order valence-electron chi connectivity index (χ1n) is 4.43. The van der Waals surface area contributed by atoms with Crippen molar-refractivity contribution in [2.24, 2.45) is 5.92 Å². The maximum atomic E-state index is 10.7. The lowest BCUT2D eigenvalue weighted by atomic mass is 9.87. The summed E-state index contributed by atoms with van der Waals surface area (Å²) < 4.78 is 0. The molecule has 0 aliphatic heterocycles. The summed E-state index contributed by atoms with van der Waals surface area (Å²) in [5.41, 5.74) is 2.17. The minimum absolute atomic E-state index is 0.234. The van der Waals surface area contributed by atoms with Gasteiger partial charge >= 0.3 is 5.97 Å². The summed E-state index contributed by atoms with van der Waals surface area (Å²) >= 11 is 0. The Bertz CT molecular complexity index is 335. The van der Waals surface area contributed by atoms with Crippen molar-refractivity contribution in [1.29, 1.82) is 0 Å². The van der Waals surface area contributed by atoms with Gasteiger partial charge in [0.05, 0.1) is 5.92 Å². The normalized spacial score (nSPS) is 20.8. The van der Waals surface area contributed by atoms with Crippen LogP contribution in [0.2, 0.25) is 0 Å². The van der Waals surface area contributed by atoms with Gasteiger partial charge in [0.25, 0.3) is 0 Å². The number of aryl methyl sites for hydroxylation is 1. The van der Waals surface area contributed by atoms with E-state index in [0.29, 0.717) is 6.42 Å². The molecule has 0 amide bonds. The zero-order valence-corrected chi connectivity index (χ0v) is 7.23. The maximum absolute atomic E-state index is 10.7. The number of fused-ring (bicyclic) bond motifs is 1. The second kappa shape index (κ2) is 3.17. The molecule has 1 aliphatic rings. The van der Waals surface area contributed by atoms with Crippen molar-refractivity contribution < 1.29 is 9.90 Å². The number of rotatable bonds is 1. The zero-order valence-electron chi connectivity index (χ0n) is 7.23. The highest BCUT2D eigenvalue weighted by atomic mass is 16.4. The van der Waals surface area contributed by atoms with E-state index in [-0.39, 0.29) is 5.92 Å². The van der Waals surface area contributed by atoms with E-state index in [4.69, 9.17) is 5.11 Å². The number of aliphatic carboxylic acids is 1. The third kappa shape index (κ3) is 1.54. The van der Waals surface area contributed by atoms with E-state index in [9.17, 15) is 4.79 Å². The van der Waals surface area contributed by atoms with Crippen molar-refractivity contribution in [1.82, 2.24) is 4.98 Å². The number of nitrogens with zero attached hydrogens (tertiary/aromatic N) is 1. The lowest BCUT2D eigenvalue weighted by molar-refractivity contribution is -0.142. The minimum Gasteiger partial charge on any atom is -0.481 e. The summed E-state index contributed by atoms with van der Waals surface area (Å²) in [4.78, 5) is 14.9. The van der Waals surface area contributed by atoms with Gasteiger partial charge in [-0.1, -0.05) is 6.07 Å². The highest BCUT2D eigenvalue weighted by Gasteiger charge is 2.24. The van der Waals surface area contributed by atoms with Crippen molar-refractivity contribution in [3.05, 3.63) is 29.6 Å². The van der Waals surface area contributed by atoms with Crippen LogP contribution in [0.5, 0.6) is 0 Å². The Morgan fingerprint density at radius 1 is 1.62 bits per heavy atom. The number of hydrogen-bond acceptors (Lipinski definition) is 2. The summed E-state index contributed by atoms with van der Waals surface area (Å²) in [5.74, 6) is -0.932. The first-order valence-corrected chi connectivity index (χ1v) is 4.43. The maximum Gasteiger partial charge on any atom is 0.306 e. The van der Waals surface area contributed by atoms with Crippen LogP contribution in [0, 0.1) is 5.92 Å². The van der Waals surface area contributed by atoms with Crippen molar-refractivity contribution in [3.8, 4) is 0 Å². The van der Waals surface area contributed by atoms with Crippen LogP contribution in [-0.4, -0.2) is 16.1 Å². The van der Waals surface area contributed by atoms with Crippen LogP contribution in [-0.2, 0) is 17.6 Å². The van der Waals surface area contributed by atoms with Crippen LogP contribution in [0.3, 0.4) is 0 Å². The van der Waals surface area contributed by atoms with E-state index in [1.807, 2.05) is 12.1 Å². The van der Waals surface area contributed by atoms with Crippen LogP contribution in [0.25, 0.3) is 0 Å². The average Bonchev–Trinajstić information content (AvgIpc) is 2.17. The number of pyridine rings is 1. The van der Waals surface area contributed by atoms with E-state index < -0.39 is 5.97 Å². The molecule has 0 saturated carbocycles. The van der Waals surface area contributed by atoms with Crippen molar-refractivity contribution in [3.63, 3.8) is 0 Å². The van der Waals surface area contributed by atoms with Crippen molar-refractivity contribution in [2.75, 3.05) is 0 Å². The standard InChI is InChI=1S/C10H11NO2/c12-10(13)8-4-3-7-2-1-5-11-9(7)6-8/h1-2,5,8H,3-4,6H2,(H,12,13). The van der Waals surface area contributed by atoms with Gasteiger partial charge in [0.1, 0.15) is 0 Å². The third-order valence-corrected chi connectivity index (χ3v) is 2.54. The predicted molar refractivity (Wildman–Crippen MR) is 47.4 cm³/mol. The minimum atomic E-state index is -0.698. The molecule has 1 N–H and O–H groups in total. The molecular formula is C10H11NO2. The Morgan fingerprint density at radius 2 is 2.46 bits per heavy atom. The summed E-state index contributed by atoms with van der Waals surface area (Å²) in [5, 5.41) is 8.84. The smallest absolute Gasteiger partial charge is 0.306 e. The molecule has 0 radical (unpaired) electrons. The molecule has 0 spiro atoms. The number of aromatic nitrogens is 1. The molecule has 1 unspecified atom stereocenters. The molecule has 1 heterocycles. The van der Waals surface area contributed by atoms with Crippen LogP contribution < -0.4 is 0 Å². The van der Waals surface area contributed by atoms with Gasteiger partial charge in [0.2, 0.25) is 0 Å². The Kier molecular flexibility index (Phi) is 2.00. The summed E-state index contributed by atoms with van der Waals surface area (Å²) in [7, 11) is 0. The van der Waals surface area contributed by atoms with Gasteiger partial charge in [-0.3, -0.25) is 9.78 Å². The number of carbonyl (C=O) groups is 1. The van der Waals surface area contributed by atoms with Gasteiger partial charge in [-0.05, 0) is 24.5 Å². The van der Waals surface area contributed by atoms with Crippen LogP contribution in [0.1, 0.15) is 17.7 Å². The largest absolute Gasteiger partial charge is 0.481 e. The molecule has 1 atom stereocenters. The topological polar surface area (TPSA) is 50.2 Å². The first-order chi connectivity index (χ1) is 6.27. The molecule has 0 aromatic carbocycles. The van der Waals surface area contributed by atoms with Gasteiger partial charge in [0.15, 0.2) is 0 Å². The summed E-state index contributed by atoms with van der Waals surface area (Å²) in [6, 6.07) is 3.93. The Labute approximate surface area is 76.4 Å². The van der Waals surface area contributed by atoms with E-state index in [0.717, 1.165) is 18.5 Å². The van der Waals surface area contributed by atoms with E-state index in [1.165, 1.54) is 5.56 Å². The van der Waals surface area contributed by atoms with Crippen LogP contribution in [0.15, 0.2) is 18.3 Å². The van der Waals surface area contributed by atoms with Gasteiger partial charge in [-0.2, -0.15) is 0 Å². The number of carboxylic acid groups (broad SMARTS) is 1. The fraction of sp³-hybridized carbons (Fsp3) is 0.400. The quantitative estimate of drug-likeness (QED) is 0.702. The summed E-state index contributed by atoms with van der Waals surface area (Å²) in [6.45, 7) is 0. The fourth-order valence-corrected chi connectivity index (χ4v) is 1.76. The summed E-state index contributed by atoms with van der Waals surface area (Å²) in [6.07, 6.45) is 3.91. The SMILES string of the molecule is O=C(O)C1CCc2cccnc2C1. The molecule has 68 valence electrons. The second-order valence-corrected chi connectivity index (χ2v) is 3.39. The molecule has 0 saturated heterocycles. The molecule has 1 aromatic rings. The number of hydrogen-bond donors (Lipinski definition) is 1. The van der Waals surface area contributed by atoms with Gasteiger partial charge in [-0.25, -0.2) is 0 Å². The van der Waals surface area contributed by atoms with Crippen LogP contribution in [0.4, 0.5) is 0 Å². The van der Waals surface area contributed by atoms with E-state index in [1.54, 1.807) is 6.20 Å². The molecule has 0 fully saturated rings. The molecule has 3 heteroatoms. The lowest BCUT2D eigenvalue weighted by Gasteiger charge is -2.19. The molecule has 13 heavy (non-hydrogen) atoms. The van der Waals surface area contributed by atoms with Gasteiger partial charge in [-0.15, -0.1) is 0 Å². The Balaban J connectivity index is 2.24. The fourth-order valence-electron chi connectivity index (χ4n) is 1.76. The second-order valence-electron chi connectivity index (χ2n) is 3.39. The van der Waals surface area contributed by atoms with Gasteiger partial charge < -0.3 is 5.11 Å². The monoisotopic (exact) mass is 177 g/mol. The highest BCUT2D eigenvalue weighted by Crippen LogP contribution is 2.23. The molecular weight excluding hydrogens is 166 g/mol. The third-order valence-electron chi connectivity index (χ3n) is 2.54. The Hall–Kier alpha value is -1.38. The van der Waals surface area contributed by atoms with Gasteiger partial charge in [0, 0.05) is 18.3 Å². The zero-order chi connectivity index (χ0) is 9.26. The first kappa shape index (κ1) is 8.23. The van der Waals surface area contributed by atoms with Crippen molar-refractivity contribution >= 4 is 5.97 Å². The predicted octanol–water partition coefficient (Wildman–Crippen LogP) is 1.27. The van der Waals surface area contributed by atoms with E-state index >= 15 is 0 Å². The molecule has 2 rings (SSSR count). The molecule has 1 aliphatic carbocycles. The molecule has 3 nitrogen and oxygen atoms in total.